The number of carbonyl (C=O) groups is 1. The Hall–Kier alpha value is -1.66. The van der Waals surface area contributed by atoms with E-state index in [2.05, 4.69) is 9.88 Å². The Labute approximate surface area is 120 Å². The average Bonchev–Trinajstić information content (AvgIpc) is 3.09. The molecule has 0 amide bonds. The first-order valence-corrected chi connectivity index (χ1v) is 7.52. The van der Waals surface area contributed by atoms with Crippen molar-refractivity contribution in [1.29, 1.82) is 0 Å². The molecule has 0 radical (unpaired) electrons. The van der Waals surface area contributed by atoms with E-state index in [1.54, 1.807) is 17.9 Å². The SMILES string of the molecule is O=C(O)c1csc(C2CCCN(Cc3ccoc3)C2)n1. The minimum absolute atomic E-state index is 0.164. The van der Waals surface area contributed by atoms with Crippen LogP contribution in [0.3, 0.4) is 0 Å². The van der Waals surface area contributed by atoms with Crippen LogP contribution in [-0.4, -0.2) is 34.0 Å². The molecule has 0 bridgehead atoms. The van der Waals surface area contributed by atoms with Crippen LogP contribution in [-0.2, 0) is 6.54 Å². The molecule has 5 nitrogen and oxygen atoms in total. The monoisotopic (exact) mass is 292 g/mol. The third-order valence-electron chi connectivity index (χ3n) is 3.58. The minimum atomic E-state index is -0.946. The second-order valence-electron chi connectivity index (χ2n) is 5.08. The Bertz CT molecular complexity index is 579. The molecule has 0 aliphatic carbocycles. The molecule has 106 valence electrons. The zero-order valence-corrected chi connectivity index (χ0v) is 11.8. The number of likely N-dealkylation sites (tertiary alicyclic amines) is 1. The Kier molecular flexibility index (Phi) is 3.84. The minimum Gasteiger partial charge on any atom is -0.476 e. The van der Waals surface area contributed by atoms with Crippen LogP contribution in [0.1, 0.15) is 39.8 Å². The summed E-state index contributed by atoms with van der Waals surface area (Å²) >= 11 is 1.46. The first-order chi connectivity index (χ1) is 9.72. The van der Waals surface area contributed by atoms with Crippen molar-refractivity contribution < 1.29 is 14.3 Å². The molecule has 0 spiro atoms. The summed E-state index contributed by atoms with van der Waals surface area (Å²) in [5.41, 5.74) is 1.34. The molecule has 1 N–H and O–H groups in total. The quantitative estimate of drug-likeness (QED) is 0.938. The van der Waals surface area contributed by atoms with Gasteiger partial charge >= 0.3 is 5.97 Å². The summed E-state index contributed by atoms with van der Waals surface area (Å²) in [6, 6.07) is 1.98. The van der Waals surface area contributed by atoms with E-state index in [9.17, 15) is 4.79 Å². The van der Waals surface area contributed by atoms with E-state index in [4.69, 9.17) is 9.52 Å². The van der Waals surface area contributed by atoms with Crippen LogP contribution in [0.15, 0.2) is 28.4 Å². The number of carboxylic acid groups (broad SMARTS) is 1. The van der Waals surface area contributed by atoms with E-state index in [1.165, 1.54) is 16.9 Å². The highest BCUT2D eigenvalue weighted by molar-refractivity contribution is 7.09. The number of hydrogen-bond acceptors (Lipinski definition) is 5. The van der Waals surface area contributed by atoms with Crippen LogP contribution >= 0.6 is 11.3 Å². The number of aromatic carboxylic acids is 1. The van der Waals surface area contributed by atoms with E-state index >= 15 is 0 Å². The lowest BCUT2D eigenvalue weighted by Gasteiger charge is -2.31. The van der Waals surface area contributed by atoms with Gasteiger partial charge in [-0.3, -0.25) is 4.90 Å². The smallest absolute Gasteiger partial charge is 0.355 e. The summed E-state index contributed by atoms with van der Waals surface area (Å²) in [6.07, 6.45) is 5.66. The predicted octanol–water partition coefficient (Wildman–Crippen LogP) is 2.81. The van der Waals surface area contributed by atoms with E-state index in [0.29, 0.717) is 5.92 Å². The number of thiazole rings is 1. The van der Waals surface area contributed by atoms with Gasteiger partial charge < -0.3 is 9.52 Å². The molecular formula is C14H16N2O3S. The van der Waals surface area contributed by atoms with Crippen molar-refractivity contribution in [3.8, 4) is 0 Å². The summed E-state index contributed by atoms with van der Waals surface area (Å²) in [5, 5.41) is 11.5. The number of aromatic nitrogens is 1. The maximum Gasteiger partial charge on any atom is 0.355 e. The summed E-state index contributed by atoms with van der Waals surface area (Å²) in [4.78, 5) is 17.5. The lowest BCUT2D eigenvalue weighted by molar-refractivity contribution is 0.0691. The summed E-state index contributed by atoms with van der Waals surface area (Å²) in [6.45, 7) is 2.88. The fourth-order valence-electron chi connectivity index (χ4n) is 2.61. The van der Waals surface area contributed by atoms with Gasteiger partial charge in [0.25, 0.3) is 0 Å². The first kappa shape index (κ1) is 13.3. The highest BCUT2D eigenvalue weighted by Crippen LogP contribution is 2.30. The predicted molar refractivity (Wildman–Crippen MR) is 75.0 cm³/mol. The van der Waals surface area contributed by atoms with Crippen LogP contribution in [0.25, 0.3) is 0 Å². The topological polar surface area (TPSA) is 66.6 Å². The van der Waals surface area contributed by atoms with Crippen molar-refractivity contribution in [3.05, 3.63) is 40.2 Å². The van der Waals surface area contributed by atoms with Crippen LogP contribution in [0.4, 0.5) is 0 Å². The van der Waals surface area contributed by atoms with E-state index in [1.807, 2.05) is 6.07 Å². The maximum atomic E-state index is 10.9. The van der Waals surface area contributed by atoms with Crippen LogP contribution < -0.4 is 0 Å². The second-order valence-corrected chi connectivity index (χ2v) is 5.97. The second kappa shape index (κ2) is 5.76. The van der Waals surface area contributed by atoms with E-state index in [-0.39, 0.29) is 5.69 Å². The highest BCUT2D eigenvalue weighted by Gasteiger charge is 2.24. The van der Waals surface area contributed by atoms with E-state index < -0.39 is 5.97 Å². The zero-order chi connectivity index (χ0) is 13.9. The number of carboxylic acids is 1. The fraction of sp³-hybridized carbons (Fsp3) is 0.429. The third-order valence-corrected chi connectivity index (χ3v) is 4.59. The molecule has 1 saturated heterocycles. The van der Waals surface area contributed by atoms with Crippen LogP contribution in [0, 0.1) is 0 Å². The normalized spacial score (nSPS) is 20.1. The van der Waals surface area contributed by atoms with Gasteiger partial charge in [0.05, 0.1) is 17.5 Å². The first-order valence-electron chi connectivity index (χ1n) is 6.64. The van der Waals surface area contributed by atoms with Crippen LogP contribution in [0.5, 0.6) is 0 Å². The lowest BCUT2D eigenvalue weighted by atomic mass is 9.98. The molecule has 1 atom stereocenters. The van der Waals surface area contributed by atoms with Crippen molar-refractivity contribution >= 4 is 17.3 Å². The molecule has 2 aromatic heterocycles. The van der Waals surface area contributed by atoms with Gasteiger partial charge in [-0.2, -0.15) is 0 Å². The third kappa shape index (κ3) is 2.91. The fourth-order valence-corrected chi connectivity index (χ4v) is 3.54. The van der Waals surface area contributed by atoms with E-state index in [0.717, 1.165) is 37.5 Å². The van der Waals surface area contributed by atoms with Crippen molar-refractivity contribution in [1.82, 2.24) is 9.88 Å². The lowest BCUT2D eigenvalue weighted by Crippen LogP contribution is -2.33. The molecule has 3 rings (SSSR count). The standard InChI is InChI=1S/C14H16N2O3S/c17-14(18)12-9-20-13(15-12)11-2-1-4-16(7-11)6-10-3-5-19-8-10/h3,5,8-9,11H,1-2,4,6-7H2,(H,17,18). The van der Waals surface area contributed by atoms with Crippen molar-refractivity contribution in [3.63, 3.8) is 0 Å². The van der Waals surface area contributed by atoms with Gasteiger partial charge in [-0.25, -0.2) is 9.78 Å². The molecule has 20 heavy (non-hydrogen) atoms. The summed E-state index contributed by atoms with van der Waals surface area (Å²) < 4.78 is 5.09. The number of hydrogen-bond donors (Lipinski definition) is 1. The van der Waals surface area contributed by atoms with Crippen molar-refractivity contribution in [2.45, 2.75) is 25.3 Å². The molecule has 1 fully saturated rings. The number of furan rings is 1. The number of nitrogens with zero attached hydrogens (tertiary/aromatic N) is 2. The van der Waals surface area contributed by atoms with Crippen molar-refractivity contribution in [2.75, 3.05) is 13.1 Å². The Morgan fingerprint density at radius 3 is 3.20 bits per heavy atom. The van der Waals surface area contributed by atoms with Gasteiger partial charge in [0.15, 0.2) is 5.69 Å². The Morgan fingerprint density at radius 1 is 1.60 bits per heavy atom. The van der Waals surface area contributed by atoms with Gasteiger partial charge in [-0.05, 0) is 25.5 Å². The molecule has 1 aliphatic rings. The molecular weight excluding hydrogens is 276 g/mol. The Morgan fingerprint density at radius 2 is 2.50 bits per heavy atom. The average molecular weight is 292 g/mol. The van der Waals surface area contributed by atoms with Crippen molar-refractivity contribution in [2.24, 2.45) is 0 Å². The molecule has 3 heterocycles. The largest absolute Gasteiger partial charge is 0.476 e. The molecule has 6 heteroatoms. The molecule has 1 aliphatic heterocycles. The number of piperidine rings is 1. The maximum absolute atomic E-state index is 10.9. The van der Waals surface area contributed by atoms with Gasteiger partial charge in [-0.1, -0.05) is 0 Å². The Balaban J connectivity index is 1.66. The van der Waals surface area contributed by atoms with Crippen LogP contribution in [0.2, 0.25) is 0 Å². The molecule has 0 saturated carbocycles. The zero-order valence-electron chi connectivity index (χ0n) is 11.0. The summed E-state index contributed by atoms with van der Waals surface area (Å²) in [7, 11) is 0. The molecule has 1 unspecified atom stereocenters. The van der Waals surface area contributed by atoms with Gasteiger partial charge in [0, 0.05) is 30.0 Å². The summed E-state index contributed by atoms with van der Waals surface area (Å²) in [5.74, 6) is -0.604. The molecule has 0 aromatic carbocycles. The highest BCUT2D eigenvalue weighted by atomic mass is 32.1. The van der Waals surface area contributed by atoms with Gasteiger partial charge in [0.1, 0.15) is 0 Å². The van der Waals surface area contributed by atoms with Gasteiger partial charge in [0.2, 0.25) is 0 Å². The molecule has 2 aromatic rings. The number of rotatable bonds is 4. The van der Waals surface area contributed by atoms with Gasteiger partial charge in [-0.15, -0.1) is 11.3 Å².